The third-order valence-corrected chi connectivity index (χ3v) is 4.05. The number of aliphatic hydroxyl groups excluding tert-OH is 1. The Kier molecular flexibility index (Phi) is 5.01. The zero-order valence-corrected chi connectivity index (χ0v) is 13.6. The van der Waals surface area contributed by atoms with Crippen LogP contribution in [0.25, 0.3) is 0 Å². The lowest BCUT2D eigenvalue weighted by atomic mass is 10.0. The van der Waals surface area contributed by atoms with E-state index >= 15 is 0 Å². The van der Waals surface area contributed by atoms with Crippen molar-refractivity contribution in [3.05, 3.63) is 67.3 Å². The molecule has 0 aromatic heterocycles. The summed E-state index contributed by atoms with van der Waals surface area (Å²) in [5.41, 5.74) is 1.33. The molecule has 1 atom stereocenters. The van der Waals surface area contributed by atoms with Gasteiger partial charge >= 0.3 is 0 Å². The first kappa shape index (κ1) is 15.0. The van der Waals surface area contributed by atoms with Gasteiger partial charge in [-0.25, -0.2) is 4.39 Å². The Balaban J connectivity index is 2.25. The second-order valence-electron chi connectivity index (χ2n) is 4.14. The summed E-state index contributed by atoms with van der Waals surface area (Å²) in [6.45, 7) is 0. The van der Waals surface area contributed by atoms with Crippen molar-refractivity contribution in [1.82, 2.24) is 0 Å². The van der Waals surface area contributed by atoms with Gasteiger partial charge in [-0.3, -0.25) is 0 Å². The number of rotatable bonds is 3. The fourth-order valence-corrected chi connectivity index (χ4v) is 3.33. The number of benzene rings is 2. The molecule has 0 bridgehead atoms. The topological polar surface area (TPSA) is 20.2 Å². The molecule has 1 N–H and O–H groups in total. The quantitative estimate of drug-likeness (QED) is 0.733. The third kappa shape index (κ3) is 3.78. The van der Waals surface area contributed by atoms with Crippen molar-refractivity contribution in [2.75, 3.05) is 0 Å². The second kappa shape index (κ2) is 6.35. The molecule has 0 amide bonds. The van der Waals surface area contributed by atoms with Crippen molar-refractivity contribution < 1.29 is 9.50 Å². The minimum absolute atomic E-state index is 0.0654. The maximum Gasteiger partial charge on any atom is 0.142 e. The molecule has 0 heterocycles. The molecule has 0 radical (unpaired) electrons. The van der Waals surface area contributed by atoms with E-state index in [9.17, 15) is 9.50 Å². The van der Waals surface area contributed by atoms with Gasteiger partial charge < -0.3 is 5.11 Å². The summed E-state index contributed by atoms with van der Waals surface area (Å²) >= 11 is 12.6. The molecule has 0 saturated carbocycles. The minimum atomic E-state index is -0.742. The Morgan fingerprint density at radius 3 is 2.42 bits per heavy atom. The number of aliphatic hydroxyl groups is 1. The molecule has 100 valence electrons. The molecule has 0 aliphatic rings. The van der Waals surface area contributed by atoms with Crippen molar-refractivity contribution in [2.45, 2.75) is 12.5 Å². The summed E-state index contributed by atoms with van der Waals surface area (Å²) in [6.07, 6.45) is -0.479. The standard InChI is InChI=1S/C14H10Br2ClFO/c15-10-4-9(5-11(16)7-10)13(19)6-8-2-1-3-12(18)14(8)17/h1-5,7,13,19H,6H2. The second-order valence-corrected chi connectivity index (χ2v) is 6.34. The van der Waals surface area contributed by atoms with Crippen LogP contribution in [0, 0.1) is 5.82 Å². The van der Waals surface area contributed by atoms with E-state index in [0.29, 0.717) is 5.56 Å². The summed E-state index contributed by atoms with van der Waals surface area (Å²) in [5.74, 6) is -0.471. The summed E-state index contributed by atoms with van der Waals surface area (Å²) in [7, 11) is 0. The molecule has 0 saturated heterocycles. The van der Waals surface area contributed by atoms with Gasteiger partial charge in [0.05, 0.1) is 11.1 Å². The third-order valence-electron chi connectivity index (χ3n) is 2.71. The van der Waals surface area contributed by atoms with Crippen LogP contribution in [0.4, 0.5) is 4.39 Å². The van der Waals surface area contributed by atoms with Crippen LogP contribution >= 0.6 is 43.5 Å². The fourth-order valence-electron chi connectivity index (χ4n) is 1.80. The lowest BCUT2D eigenvalue weighted by Crippen LogP contribution is -2.03. The van der Waals surface area contributed by atoms with Gasteiger partial charge in [0.2, 0.25) is 0 Å². The Morgan fingerprint density at radius 2 is 1.79 bits per heavy atom. The van der Waals surface area contributed by atoms with Crippen molar-refractivity contribution in [3.63, 3.8) is 0 Å². The van der Waals surface area contributed by atoms with E-state index in [-0.39, 0.29) is 11.4 Å². The summed E-state index contributed by atoms with van der Waals surface area (Å²) in [6, 6.07) is 10.1. The normalized spacial score (nSPS) is 12.5. The molecule has 0 spiro atoms. The Morgan fingerprint density at radius 1 is 1.16 bits per heavy atom. The van der Waals surface area contributed by atoms with E-state index in [1.807, 2.05) is 18.2 Å². The molecule has 2 aromatic carbocycles. The van der Waals surface area contributed by atoms with Crippen molar-refractivity contribution in [1.29, 1.82) is 0 Å². The van der Waals surface area contributed by atoms with Gasteiger partial charge in [-0.05, 0) is 35.4 Å². The molecule has 2 rings (SSSR count). The van der Waals surface area contributed by atoms with Crippen molar-refractivity contribution in [2.24, 2.45) is 0 Å². The van der Waals surface area contributed by atoms with Crippen LogP contribution < -0.4 is 0 Å². The van der Waals surface area contributed by atoms with E-state index in [1.165, 1.54) is 6.07 Å². The molecule has 0 aliphatic carbocycles. The molecule has 0 aliphatic heterocycles. The van der Waals surface area contributed by atoms with Gasteiger partial charge in [0.15, 0.2) is 0 Å². The molecule has 5 heteroatoms. The summed E-state index contributed by atoms with van der Waals surface area (Å²) in [4.78, 5) is 0. The zero-order chi connectivity index (χ0) is 14.0. The SMILES string of the molecule is OC(Cc1cccc(F)c1Cl)c1cc(Br)cc(Br)c1. The maximum absolute atomic E-state index is 13.3. The maximum atomic E-state index is 13.3. The van der Waals surface area contributed by atoms with Crippen LogP contribution in [0.1, 0.15) is 17.2 Å². The van der Waals surface area contributed by atoms with E-state index < -0.39 is 11.9 Å². The number of halogens is 4. The predicted octanol–water partition coefficient (Wildman–Crippen LogP) is 5.28. The first-order valence-electron chi connectivity index (χ1n) is 5.54. The lowest BCUT2D eigenvalue weighted by molar-refractivity contribution is 0.178. The number of hydrogen-bond donors (Lipinski definition) is 1. The largest absolute Gasteiger partial charge is 0.388 e. The number of hydrogen-bond acceptors (Lipinski definition) is 1. The van der Waals surface area contributed by atoms with E-state index in [0.717, 1.165) is 14.5 Å². The molecule has 2 aromatic rings. The van der Waals surface area contributed by atoms with E-state index in [1.54, 1.807) is 12.1 Å². The predicted molar refractivity (Wildman–Crippen MR) is 81.9 cm³/mol. The van der Waals surface area contributed by atoms with E-state index in [4.69, 9.17) is 11.6 Å². The average molecular weight is 408 g/mol. The highest BCUT2D eigenvalue weighted by atomic mass is 79.9. The molecule has 1 unspecified atom stereocenters. The first-order chi connectivity index (χ1) is 8.97. The zero-order valence-electron chi connectivity index (χ0n) is 9.71. The Bertz CT molecular complexity index is 584. The monoisotopic (exact) mass is 406 g/mol. The van der Waals surface area contributed by atoms with Gasteiger partial charge in [0.25, 0.3) is 0 Å². The Labute approximate surface area is 132 Å². The Hall–Kier alpha value is -0.420. The lowest BCUT2D eigenvalue weighted by Gasteiger charge is -2.13. The van der Waals surface area contributed by atoms with Gasteiger partial charge in [-0.2, -0.15) is 0 Å². The molecular weight excluding hydrogens is 398 g/mol. The molecular formula is C14H10Br2ClFO. The van der Waals surface area contributed by atoms with Crippen molar-refractivity contribution >= 4 is 43.5 Å². The molecule has 19 heavy (non-hydrogen) atoms. The molecule has 0 fully saturated rings. The van der Waals surface area contributed by atoms with Gasteiger partial charge in [0.1, 0.15) is 5.82 Å². The van der Waals surface area contributed by atoms with Crippen LogP contribution in [-0.2, 0) is 6.42 Å². The van der Waals surface area contributed by atoms with Gasteiger partial charge in [0, 0.05) is 15.4 Å². The van der Waals surface area contributed by atoms with E-state index in [2.05, 4.69) is 31.9 Å². The fraction of sp³-hybridized carbons (Fsp3) is 0.143. The minimum Gasteiger partial charge on any atom is -0.388 e. The van der Waals surface area contributed by atoms with Crippen LogP contribution in [0.2, 0.25) is 5.02 Å². The highest BCUT2D eigenvalue weighted by Gasteiger charge is 2.14. The van der Waals surface area contributed by atoms with Crippen LogP contribution in [0.3, 0.4) is 0 Å². The first-order valence-corrected chi connectivity index (χ1v) is 7.50. The summed E-state index contributed by atoms with van der Waals surface area (Å²) < 4.78 is 15.1. The highest BCUT2D eigenvalue weighted by molar-refractivity contribution is 9.11. The van der Waals surface area contributed by atoms with Crippen LogP contribution in [0.5, 0.6) is 0 Å². The smallest absolute Gasteiger partial charge is 0.142 e. The highest BCUT2D eigenvalue weighted by Crippen LogP contribution is 2.29. The van der Waals surface area contributed by atoms with Crippen LogP contribution in [-0.4, -0.2) is 5.11 Å². The van der Waals surface area contributed by atoms with Gasteiger partial charge in [-0.1, -0.05) is 55.6 Å². The molecule has 1 nitrogen and oxygen atoms in total. The van der Waals surface area contributed by atoms with Crippen LogP contribution in [0.15, 0.2) is 45.3 Å². The summed E-state index contributed by atoms with van der Waals surface area (Å²) in [5, 5.41) is 10.3. The van der Waals surface area contributed by atoms with Crippen molar-refractivity contribution in [3.8, 4) is 0 Å². The average Bonchev–Trinajstić information content (AvgIpc) is 2.33. The van der Waals surface area contributed by atoms with Gasteiger partial charge in [-0.15, -0.1) is 0 Å².